The van der Waals surface area contributed by atoms with Crippen LogP contribution in [-0.2, 0) is 6.18 Å². The highest BCUT2D eigenvalue weighted by Crippen LogP contribution is 2.43. The lowest BCUT2D eigenvalue weighted by atomic mass is 9.96. The lowest BCUT2D eigenvalue weighted by molar-refractivity contribution is -0.155. The Bertz CT molecular complexity index is 1040. The number of pyridine rings is 2. The summed E-state index contributed by atoms with van der Waals surface area (Å²) in [5.74, 6) is -0.379. The summed E-state index contributed by atoms with van der Waals surface area (Å²) in [5.41, 5.74) is -2.04. The van der Waals surface area contributed by atoms with E-state index >= 15 is 0 Å². The zero-order valence-electron chi connectivity index (χ0n) is 16.6. The number of urea groups is 1. The van der Waals surface area contributed by atoms with E-state index < -0.39 is 35.6 Å². The van der Waals surface area contributed by atoms with Crippen LogP contribution in [0.1, 0.15) is 24.1 Å². The number of aromatic nitrogens is 2. The van der Waals surface area contributed by atoms with Gasteiger partial charge in [-0.15, -0.1) is 0 Å². The van der Waals surface area contributed by atoms with Crippen molar-refractivity contribution in [2.45, 2.75) is 31.4 Å². The second-order valence-electron chi connectivity index (χ2n) is 7.59. The highest BCUT2D eigenvalue weighted by atomic mass is 19.4. The molecule has 2 amide bonds. The molecule has 2 atom stereocenters. The monoisotopic (exact) mass is 460 g/mol. The van der Waals surface area contributed by atoms with Crippen molar-refractivity contribution in [1.29, 1.82) is 0 Å². The van der Waals surface area contributed by atoms with Gasteiger partial charge >= 0.3 is 18.4 Å². The molecule has 32 heavy (non-hydrogen) atoms. The second-order valence-corrected chi connectivity index (χ2v) is 7.59. The van der Waals surface area contributed by atoms with E-state index in [2.05, 4.69) is 20.6 Å². The molecule has 13 heteroatoms. The molecule has 0 aromatic carbocycles. The van der Waals surface area contributed by atoms with Crippen LogP contribution in [0.15, 0.2) is 24.4 Å². The average molecular weight is 460 g/mol. The van der Waals surface area contributed by atoms with Crippen LogP contribution in [0.4, 0.5) is 42.8 Å². The molecule has 3 N–H and O–H groups in total. The van der Waals surface area contributed by atoms with E-state index in [0.717, 1.165) is 18.3 Å². The summed E-state index contributed by atoms with van der Waals surface area (Å²) in [6.07, 6.45) is -8.53. The molecule has 2 aromatic heterocycles. The maximum atomic E-state index is 13.7. The van der Waals surface area contributed by atoms with Gasteiger partial charge in [-0.2, -0.15) is 26.3 Å². The van der Waals surface area contributed by atoms with Gasteiger partial charge in [-0.05, 0) is 25.1 Å². The normalized spacial score (nSPS) is 21.6. The number of hydrogen-bond donors (Lipinski definition) is 3. The van der Waals surface area contributed by atoms with E-state index in [4.69, 9.17) is 0 Å². The van der Waals surface area contributed by atoms with Crippen LogP contribution >= 0.6 is 0 Å². The summed E-state index contributed by atoms with van der Waals surface area (Å²) < 4.78 is 82.0. The number of nitrogens with zero attached hydrogens (tertiary/aromatic N) is 3. The molecule has 0 bridgehead atoms. The molecule has 0 unspecified atom stereocenters. The molecule has 0 saturated carbocycles. The van der Waals surface area contributed by atoms with Gasteiger partial charge in [-0.25, -0.2) is 14.8 Å². The van der Waals surface area contributed by atoms with Gasteiger partial charge in [0.05, 0.1) is 11.3 Å². The smallest absolute Gasteiger partial charge is 0.354 e. The Balaban J connectivity index is 1.90. The zero-order valence-corrected chi connectivity index (χ0v) is 16.6. The van der Waals surface area contributed by atoms with Gasteiger partial charge < -0.3 is 15.5 Å². The van der Waals surface area contributed by atoms with Crippen molar-refractivity contribution in [3.05, 3.63) is 35.5 Å². The van der Waals surface area contributed by atoms with E-state index in [9.17, 15) is 31.1 Å². The summed E-state index contributed by atoms with van der Waals surface area (Å²) in [6, 6.07) is -0.828. The largest absolute Gasteiger partial charge is 0.416 e. The lowest BCUT2D eigenvalue weighted by Crippen LogP contribution is -2.49. The number of halogens is 6. The number of piperazine rings is 1. The molecule has 4 rings (SSSR count). The molecule has 0 radical (unpaired) electrons. The number of rotatable bonds is 2. The number of nitrogens with one attached hydrogen (secondary N) is 3. The third kappa shape index (κ3) is 4.29. The second kappa shape index (κ2) is 7.80. The van der Waals surface area contributed by atoms with Gasteiger partial charge in [0.15, 0.2) is 6.04 Å². The standard InChI is InChI=1S/C19H18F6N6O/c1-9-8-31(5-4-26-9)13-7-10(18(20,21)22)6-12(28-13)11-2-3-27-16-14(11)15(19(23,24)25)29-17(32)30-16/h2-3,6-7,9,15,26H,4-5,8H2,1H3,(H2,27,29,30,32)/t9-,15-/m0/s1. The molecule has 7 nitrogen and oxygen atoms in total. The molecule has 2 aliphatic heterocycles. The molecular weight excluding hydrogens is 442 g/mol. The summed E-state index contributed by atoms with van der Waals surface area (Å²) in [5, 5.41) is 7.11. The quantitative estimate of drug-likeness (QED) is 0.596. The molecule has 1 fully saturated rings. The number of carbonyl (C=O) groups is 1. The van der Waals surface area contributed by atoms with Crippen molar-refractivity contribution in [1.82, 2.24) is 20.6 Å². The van der Waals surface area contributed by atoms with Gasteiger partial charge in [0.2, 0.25) is 0 Å². The van der Waals surface area contributed by atoms with Crippen LogP contribution < -0.4 is 20.9 Å². The SMILES string of the molecule is C[C@H]1CN(c2cc(C(F)(F)F)cc(-c3ccnc4c3[C@@H](C(F)(F)F)NC(=O)N4)n2)CCN1. The van der Waals surface area contributed by atoms with E-state index in [-0.39, 0.29) is 28.9 Å². The minimum absolute atomic E-state index is 0.00472. The van der Waals surface area contributed by atoms with Crippen LogP contribution in [0.2, 0.25) is 0 Å². The molecular formula is C19H18F6N6O. The summed E-state index contributed by atoms with van der Waals surface area (Å²) in [6.45, 7) is 3.15. The van der Waals surface area contributed by atoms with Crippen molar-refractivity contribution in [3.8, 4) is 11.3 Å². The fourth-order valence-corrected chi connectivity index (χ4v) is 3.80. The predicted molar refractivity (Wildman–Crippen MR) is 103 cm³/mol. The van der Waals surface area contributed by atoms with Gasteiger partial charge in [0, 0.05) is 43.0 Å². The molecule has 0 aliphatic carbocycles. The first-order valence-electron chi connectivity index (χ1n) is 9.64. The van der Waals surface area contributed by atoms with Crippen molar-refractivity contribution in [3.63, 3.8) is 0 Å². The summed E-state index contributed by atoms with van der Waals surface area (Å²) >= 11 is 0. The number of amides is 2. The van der Waals surface area contributed by atoms with Crippen molar-refractivity contribution < 1.29 is 31.1 Å². The molecule has 172 valence electrons. The Labute approximate surface area is 178 Å². The van der Waals surface area contributed by atoms with Crippen LogP contribution in [0.5, 0.6) is 0 Å². The van der Waals surface area contributed by atoms with E-state index in [1.54, 1.807) is 10.2 Å². The lowest BCUT2D eigenvalue weighted by Gasteiger charge is -2.33. The first kappa shape index (κ1) is 22.1. The number of anilines is 2. The van der Waals surface area contributed by atoms with Gasteiger partial charge in [0.1, 0.15) is 11.6 Å². The number of hydrogen-bond acceptors (Lipinski definition) is 5. The van der Waals surface area contributed by atoms with Crippen LogP contribution in [-0.4, -0.2) is 47.9 Å². The highest BCUT2D eigenvalue weighted by molar-refractivity contribution is 5.94. The average Bonchev–Trinajstić information content (AvgIpc) is 2.71. The Morgan fingerprint density at radius 3 is 2.56 bits per heavy atom. The Kier molecular flexibility index (Phi) is 5.39. The zero-order chi connectivity index (χ0) is 23.3. The van der Waals surface area contributed by atoms with E-state index in [1.165, 1.54) is 0 Å². The predicted octanol–water partition coefficient (Wildman–Crippen LogP) is 3.70. The first-order valence-corrected chi connectivity index (χ1v) is 9.64. The maximum Gasteiger partial charge on any atom is 0.416 e. The van der Waals surface area contributed by atoms with E-state index in [0.29, 0.717) is 25.7 Å². The molecule has 2 aliphatic rings. The number of alkyl halides is 6. The molecule has 4 heterocycles. The van der Waals surface area contributed by atoms with E-state index in [1.807, 2.05) is 6.92 Å². The Hall–Kier alpha value is -3.09. The van der Waals surface area contributed by atoms with Gasteiger partial charge in [0.25, 0.3) is 0 Å². The van der Waals surface area contributed by atoms with Crippen LogP contribution in [0, 0.1) is 0 Å². The van der Waals surface area contributed by atoms with Crippen molar-refractivity contribution >= 4 is 17.7 Å². The Morgan fingerprint density at radius 2 is 1.91 bits per heavy atom. The van der Waals surface area contributed by atoms with Crippen molar-refractivity contribution in [2.75, 3.05) is 29.9 Å². The first-order chi connectivity index (χ1) is 14.9. The fourth-order valence-electron chi connectivity index (χ4n) is 3.80. The number of carbonyl (C=O) groups excluding carboxylic acids is 1. The fraction of sp³-hybridized carbons (Fsp3) is 0.421. The number of fused-ring (bicyclic) bond motifs is 1. The van der Waals surface area contributed by atoms with Gasteiger partial charge in [-0.1, -0.05) is 0 Å². The molecule has 0 spiro atoms. The maximum absolute atomic E-state index is 13.7. The highest BCUT2D eigenvalue weighted by Gasteiger charge is 2.47. The minimum atomic E-state index is -4.90. The third-order valence-corrected chi connectivity index (χ3v) is 5.22. The Morgan fingerprint density at radius 1 is 1.16 bits per heavy atom. The third-order valence-electron chi connectivity index (χ3n) is 5.22. The van der Waals surface area contributed by atoms with Crippen LogP contribution in [0.25, 0.3) is 11.3 Å². The topological polar surface area (TPSA) is 82.2 Å². The van der Waals surface area contributed by atoms with Crippen molar-refractivity contribution in [2.24, 2.45) is 0 Å². The molecule has 1 saturated heterocycles. The summed E-state index contributed by atoms with van der Waals surface area (Å²) in [4.78, 5) is 21.4. The molecule has 2 aromatic rings. The summed E-state index contributed by atoms with van der Waals surface area (Å²) in [7, 11) is 0. The van der Waals surface area contributed by atoms with Crippen LogP contribution in [0.3, 0.4) is 0 Å². The minimum Gasteiger partial charge on any atom is -0.354 e. The van der Waals surface area contributed by atoms with Gasteiger partial charge in [-0.3, -0.25) is 5.32 Å².